The summed E-state index contributed by atoms with van der Waals surface area (Å²) in [6, 6.07) is 6.62. The Balaban J connectivity index is 2.08. The van der Waals surface area contributed by atoms with Crippen molar-refractivity contribution in [2.24, 2.45) is 0 Å². The van der Waals surface area contributed by atoms with E-state index in [0.717, 1.165) is 30.0 Å². The van der Waals surface area contributed by atoms with Crippen LogP contribution < -0.4 is 14.8 Å². The zero-order chi connectivity index (χ0) is 15.2. The van der Waals surface area contributed by atoms with E-state index in [1.807, 2.05) is 25.1 Å². The minimum atomic E-state index is -0.505. The van der Waals surface area contributed by atoms with E-state index in [4.69, 9.17) is 9.47 Å². The molecule has 2 atom stereocenters. The van der Waals surface area contributed by atoms with E-state index in [1.54, 1.807) is 6.92 Å². The Labute approximate surface area is 127 Å². The van der Waals surface area contributed by atoms with Gasteiger partial charge in [-0.25, -0.2) is 0 Å². The van der Waals surface area contributed by atoms with Crippen LogP contribution in [0.2, 0.25) is 0 Å². The summed E-state index contributed by atoms with van der Waals surface area (Å²) in [5, 5.41) is 13.1. The minimum absolute atomic E-state index is 0.244. The van der Waals surface area contributed by atoms with Crippen LogP contribution in [0.5, 0.6) is 11.5 Å². The van der Waals surface area contributed by atoms with E-state index >= 15 is 0 Å². The number of nitrogens with one attached hydrogen (secondary N) is 1. The lowest BCUT2D eigenvalue weighted by molar-refractivity contribution is 0.0595. The van der Waals surface area contributed by atoms with Crippen LogP contribution in [-0.4, -0.2) is 30.0 Å². The first-order valence-electron chi connectivity index (χ1n) is 7.94. The number of rotatable bonds is 9. The van der Waals surface area contributed by atoms with E-state index < -0.39 is 6.10 Å². The predicted molar refractivity (Wildman–Crippen MR) is 83.9 cm³/mol. The van der Waals surface area contributed by atoms with Crippen molar-refractivity contribution in [2.75, 3.05) is 6.61 Å². The molecule has 1 aromatic carbocycles. The normalized spacial score (nSPS) is 17.3. The van der Waals surface area contributed by atoms with Crippen molar-refractivity contribution >= 4 is 0 Å². The molecule has 0 bridgehead atoms. The van der Waals surface area contributed by atoms with Crippen LogP contribution in [0.1, 0.15) is 45.6 Å². The Bertz CT molecular complexity index is 444. The monoisotopic (exact) mass is 293 g/mol. The number of benzene rings is 1. The molecular weight excluding hydrogens is 266 g/mol. The maximum Gasteiger partial charge on any atom is 0.128 e. The average Bonchev–Trinajstić information content (AvgIpc) is 3.28. The van der Waals surface area contributed by atoms with Gasteiger partial charge in [-0.3, -0.25) is 0 Å². The van der Waals surface area contributed by atoms with Crippen LogP contribution in [-0.2, 0) is 6.54 Å². The van der Waals surface area contributed by atoms with Crippen LogP contribution in [0.15, 0.2) is 18.2 Å². The standard InChI is InChI=1S/C17H27NO3/c1-4-9-20-16-8-5-14(11-18-15-6-7-15)17(10-16)21-13(3)12(2)19/h5,8,10,12-13,15,18-19H,4,6-7,9,11H2,1-3H3. The largest absolute Gasteiger partial charge is 0.493 e. The Morgan fingerprint density at radius 3 is 2.71 bits per heavy atom. The molecule has 0 spiro atoms. The van der Waals surface area contributed by atoms with Crippen LogP contribution in [0.25, 0.3) is 0 Å². The van der Waals surface area contributed by atoms with Crippen molar-refractivity contribution < 1.29 is 14.6 Å². The van der Waals surface area contributed by atoms with Gasteiger partial charge in [0.1, 0.15) is 17.6 Å². The van der Waals surface area contributed by atoms with Gasteiger partial charge in [0.2, 0.25) is 0 Å². The first-order valence-corrected chi connectivity index (χ1v) is 7.94. The smallest absolute Gasteiger partial charge is 0.128 e. The number of aliphatic hydroxyl groups is 1. The number of hydrogen-bond acceptors (Lipinski definition) is 4. The molecule has 4 nitrogen and oxygen atoms in total. The van der Waals surface area contributed by atoms with Crippen molar-refractivity contribution in [1.29, 1.82) is 0 Å². The lowest BCUT2D eigenvalue weighted by atomic mass is 10.1. The Morgan fingerprint density at radius 2 is 2.10 bits per heavy atom. The molecule has 1 fully saturated rings. The molecular formula is C17H27NO3. The first kappa shape index (κ1) is 16.1. The van der Waals surface area contributed by atoms with Crippen molar-refractivity contribution in [3.8, 4) is 11.5 Å². The third kappa shape index (κ3) is 5.21. The zero-order valence-electron chi connectivity index (χ0n) is 13.3. The third-order valence-electron chi connectivity index (χ3n) is 3.66. The fraction of sp³-hybridized carbons (Fsp3) is 0.647. The number of hydrogen-bond donors (Lipinski definition) is 2. The second-order valence-electron chi connectivity index (χ2n) is 5.84. The molecule has 4 heteroatoms. The third-order valence-corrected chi connectivity index (χ3v) is 3.66. The molecule has 1 aromatic rings. The molecule has 2 rings (SSSR count). The van der Waals surface area contributed by atoms with Crippen molar-refractivity contribution in [2.45, 2.75) is 64.8 Å². The molecule has 1 aliphatic carbocycles. The van der Waals surface area contributed by atoms with E-state index in [-0.39, 0.29) is 6.10 Å². The second-order valence-corrected chi connectivity index (χ2v) is 5.84. The van der Waals surface area contributed by atoms with Gasteiger partial charge in [0, 0.05) is 24.2 Å². The lowest BCUT2D eigenvalue weighted by Gasteiger charge is -2.20. The quantitative estimate of drug-likeness (QED) is 0.735. The molecule has 0 saturated heterocycles. The summed E-state index contributed by atoms with van der Waals surface area (Å²) in [7, 11) is 0. The Hall–Kier alpha value is -1.26. The zero-order valence-corrected chi connectivity index (χ0v) is 13.3. The van der Waals surface area contributed by atoms with Crippen LogP contribution in [0.4, 0.5) is 0 Å². The summed E-state index contributed by atoms with van der Waals surface area (Å²) in [4.78, 5) is 0. The van der Waals surface area contributed by atoms with Crippen molar-refractivity contribution in [1.82, 2.24) is 5.32 Å². The number of aliphatic hydroxyl groups excluding tert-OH is 1. The van der Waals surface area contributed by atoms with E-state index in [1.165, 1.54) is 12.8 Å². The van der Waals surface area contributed by atoms with Gasteiger partial charge in [0.25, 0.3) is 0 Å². The van der Waals surface area contributed by atoms with Gasteiger partial charge in [0.05, 0.1) is 12.7 Å². The van der Waals surface area contributed by atoms with Gasteiger partial charge in [-0.2, -0.15) is 0 Å². The van der Waals surface area contributed by atoms with Gasteiger partial charge in [-0.15, -0.1) is 0 Å². The molecule has 0 aliphatic heterocycles. The SMILES string of the molecule is CCCOc1ccc(CNC2CC2)c(OC(C)C(C)O)c1. The van der Waals surface area contributed by atoms with Gasteiger partial charge in [-0.1, -0.05) is 13.0 Å². The summed E-state index contributed by atoms with van der Waals surface area (Å²) in [6.07, 6.45) is 2.75. The van der Waals surface area contributed by atoms with Crippen molar-refractivity contribution in [3.05, 3.63) is 23.8 Å². The predicted octanol–water partition coefficient (Wildman–Crippen LogP) is 2.88. The first-order chi connectivity index (χ1) is 10.1. The van der Waals surface area contributed by atoms with E-state index in [0.29, 0.717) is 12.6 Å². The maximum absolute atomic E-state index is 9.64. The molecule has 0 aromatic heterocycles. The average molecular weight is 293 g/mol. The molecule has 118 valence electrons. The second kappa shape index (κ2) is 7.66. The highest BCUT2D eigenvalue weighted by Gasteiger charge is 2.21. The molecule has 2 N–H and O–H groups in total. The van der Waals surface area contributed by atoms with Gasteiger partial charge < -0.3 is 19.9 Å². The molecule has 0 amide bonds. The van der Waals surface area contributed by atoms with Crippen LogP contribution >= 0.6 is 0 Å². The lowest BCUT2D eigenvalue weighted by Crippen LogP contribution is -2.26. The highest BCUT2D eigenvalue weighted by atomic mass is 16.5. The fourth-order valence-electron chi connectivity index (χ4n) is 1.94. The van der Waals surface area contributed by atoms with Gasteiger partial charge in [-0.05, 0) is 39.2 Å². The van der Waals surface area contributed by atoms with Gasteiger partial charge in [0.15, 0.2) is 0 Å². The Morgan fingerprint density at radius 1 is 1.33 bits per heavy atom. The summed E-state index contributed by atoms with van der Waals surface area (Å²) < 4.78 is 11.6. The molecule has 0 heterocycles. The topological polar surface area (TPSA) is 50.7 Å². The summed E-state index contributed by atoms with van der Waals surface area (Å²) in [5.74, 6) is 1.62. The maximum atomic E-state index is 9.64. The summed E-state index contributed by atoms with van der Waals surface area (Å²) >= 11 is 0. The molecule has 2 unspecified atom stereocenters. The molecule has 0 radical (unpaired) electrons. The van der Waals surface area contributed by atoms with Crippen LogP contribution in [0.3, 0.4) is 0 Å². The van der Waals surface area contributed by atoms with Crippen molar-refractivity contribution in [3.63, 3.8) is 0 Å². The molecule has 1 aliphatic rings. The molecule has 21 heavy (non-hydrogen) atoms. The Kier molecular flexibility index (Phi) is 5.88. The summed E-state index contributed by atoms with van der Waals surface area (Å²) in [6.45, 7) is 7.19. The number of ether oxygens (including phenoxy) is 2. The highest BCUT2D eigenvalue weighted by Crippen LogP contribution is 2.28. The fourth-order valence-corrected chi connectivity index (χ4v) is 1.94. The van der Waals surface area contributed by atoms with E-state index in [9.17, 15) is 5.11 Å². The van der Waals surface area contributed by atoms with Crippen LogP contribution in [0, 0.1) is 0 Å². The minimum Gasteiger partial charge on any atom is -0.493 e. The summed E-state index contributed by atoms with van der Waals surface area (Å²) in [5.41, 5.74) is 1.11. The van der Waals surface area contributed by atoms with Gasteiger partial charge >= 0.3 is 0 Å². The highest BCUT2D eigenvalue weighted by molar-refractivity contribution is 5.41. The van der Waals surface area contributed by atoms with E-state index in [2.05, 4.69) is 12.2 Å². The molecule has 1 saturated carbocycles.